The Bertz CT molecular complexity index is 571. The average molecular weight is 241 g/mol. The molecular formula is C13H11N3O2. The summed E-state index contributed by atoms with van der Waals surface area (Å²) in [4.78, 5) is 21.9. The van der Waals surface area contributed by atoms with Crippen molar-refractivity contribution >= 4 is 11.6 Å². The molecule has 2 heterocycles. The first-order valence-corrected chi connectivity index (χ1v) is 5.66. The Morgan fingerprint density at radius 2 is 2.17 bits per heavy atom. The third-order valence-electron chi connectivity index (χ3n) is 2.76. The van der Waals surface area contributed by atoms with E-state index >= 15 is 0 Å². The maximum Gasteiger partial charge on any atom is 0.278 e. The minimum Gasteiger partial charge on any atom is -0.490 e. The highest BCUT2D eigenvalue weighted by molar-refractivity contribution is 6.05. The summed E-state index contributed by atoms with van der Waals surface area (Å²) in [5.74, 6) is 0.569. The SMILES string of the molecule is O=C(c1cnccn1)N1CCOc2ccccc21. The average Bonchev–Trinajstić information content (AvgIpc) is 2.47. The summed E-state index contributed by atoms with van der Waals surface area (Å²) in [6.07, 6.45) is 4.53. The van der Waals surface area contributed by atoms with E-state index in [-0.39, 0.29) is 5.91 Å². The number of hydrogen-bond acceptors (Lipinski definition) is 4. The van der Waals surface area contributed by atoms with Crippen LogP contribution in [0.1, 0.15) is 10.5 Å². The van der Waals surface area contributed by atoms with E-state index in [1.807, 2.05) is 24.3 Å². The third kappa shape index (κ3) is 1.79. The normalized spacial score (nSPS) is 13.7. The molecule has 1 aromatic heterocycles. The second-order valence-corrected chi connectivity index (χ2v) is 3.86. The quantitative estimate of drug-likeness (QED) is 0.759. The molecule has 5 nitrogen and oxygen atoms in total. The highest BCUT2D eigenvalue weighted by Crippen LogP contribution is 2.31. The molecule has 5 heteroatoms. The third-order valence-corrected chi connectivity index (χ3v) is 2.76. The molecule has 90 valence electrons. The summed E-state index contributed by atoms with van der Waals surface area (Å²) in [7, 11) is 0. The van der Waals surface area contributed by atoms with Gasteiger partial charge in [-0.25, -0.2) is 4.98 Å². The molecule has 0 radical (unpaired) electrons. The molecule has 0 bridgehead atoms. The molecule has 2 aromatic rings. The molecule has 0 fully saturated rings. The minimum absolute atomic E-state index is 0.154. The summed E-state index contributed by atoms with van der Waals surface area (Å²) >= 11 is 0. The smallest absolute Gasteiger partial charge is 0.278 e. The zero-order chi connectivity index (χ0) is 12.4. The van der Waals surface area contributed by atoms with Crippen molar-refractivity contribution in [1.29, 1.82) is 0 Å². The molecule has 3 rings (SSSR count). The van der Waals surface area contributed by atoms with Crippen LogP contribution >= 0.6 is 0 Å². The van der Waals surface area contributed by atoms with Crippen LogP contribution in [0.25, 0.3) is 0 Å². The molecule has 0 saturated carbocycles. The molecular weight excluding hydrogens is 230 g/mol. The van der Waals surface area contributed by atoms with Crippen molar-refractivity contribution in [1.82, 2.24) is 9.97 Å². The lowest BCUT2D eigenvalue weighted by atomic mass is 10.2. The highest BCUT2D eigenvalue weighted by atomic mass is 16.5. The predicted molar refractivity (Wildman–Crippen MR) is 65.6 cm³/mol. The summed E-state index contributed by atoms with van der Waals surface area (Å²) in [6.45, 7) is 1.01. The Balaban J connectivity index is 1.97. The van der Waals surface area contributed by atoms with Gasteiger partial charge in [-0.15, -0.1) is 0 Å². The molecule has 1 aliphatic rings. The Labute approximate surface area is 104 Å². The van der Waals surface area contributed by atoms with Gasteiger partial charge in [0.15, 0.2) is 0 Å². The van der Waals surface area contributed by atoms with Gasteiger partial charge in [0.25, 0.3) is 5.91 Å². The van der Waals surface area contributed by atoms with Crippen LogP contribution in [0, 0.1) is 0 Å². The van der Waals surface area contributed by atoms with Crippen molar-refractivity contribution in [2.75, 3.05) is 18.1 Å². The maximum absolute atomic E-state index is 12.3. The van der Waals surface area contributed by atoms with Gasteiger partial charge in [0, 0.05) is 12.4 Å². The van der Waals surface area contributed by atoms with Crippen molar-refractivity contribution in [3.63, 3.8) is 0 Å². The summed E-state index contributed by atoms with van der Waals surface area (Å²) in [5, 5.41) is 0. The first kappa shape index (κ1) is 10.7. The molecule has 0 unspecified atom stereocenters. The molecule has 0 N–H and O–H groups in total. The first-order valence-electron chi connectivity index (χ1n) is 5.66. The van der Waals surface area contributed by atoms with Gasteiger partial charge in [0.2, 0.25) is 0 Å². The van der Waals surface area contributed by atoms with Crippen LogP contribution in [-0.2, 0) is 0 Å². The summed E-state index contributed by atoms with van der Waals surface area (Å²) in [6, 6.07) is 7.48. The van der Waals surface area contributed by atoms with Crippen LogP contribution in [0.5, 0.6) is 5.75 Å². The largest absolute Gasteiger partial charge is 0.490 e. The minimum atomic E-state index is -0.154. The van der Waals surface area contributed by atoms with Gasteiger partial charge >= 0.3 is 0 Å². The molecule has 0 saturated heterocycles. The van der Waals surface area contributed by atoms with E-state index in [0.717, 1.165) is 11.4 Å². The number of carbonyl (C=O) groups excluding carboxylic acids is 1. The number of para-hydroxylation sites is 2. The number of ether oxygens (including phenoxy) is 1. The van der Waals surface area contributed by atoms with Gasteiger partial charge in [0.05, 0.1) is 18.4 Å². The number of fused-ring (bicyclic) bond motifs is 1. The fourth-order valence-corrected chi connectivity index (χ4v) is 1.93. The summed E-state index contributed by atoms with van der Waals surface area (Å²) < 4.78 is 5.51. The van der Waals surface area contributed by atoms with E-state index in [4.69, 9.17) is 4.74 Å². The second-order valence-electron chi connectivity index (χ2n) is 3.86. The molecule has 18 heavy (non-hydrogen) atoms. The molecule has 0 spiro atoms. The highest BCUT2D eigenvalue weighted by Gasteiger charge is 2.24. The van der Waals surface area contributed by atoms with Crippen LogP contribution < -0.4 is 9.64 Å². The Hall–Kier alpha value is -2.43. The van der Waals surface area contributed by atoms with Gasteiger partial charge in [-0.05, 0) is 12.1 Å². The van der Waals surface area contributed by atoms with Gasteiger partial charge in [0.1, 0.15) is 18.1 Å². The molecule has 1 amide bonds. The molecule has 0 aliphatic carbocycles. The van der Waals surface area contributed by atoms with Gasteiger partial charge in [-0.3, -0.25) is 9.78 Å². The van der Waals surface area contributed by atoms with Crippen LogP contribution in [0.3, 0.4) is 0 Å². The lowest BCUT2D eigenvalue weighted by Crippen LogP contribution is -2.38. The fourth-order valence-electron chi connectivity index (χ4n) is 1.93. The van der Waals surface area contributed by atoms with Crippen molar-refractivity contribution in [3.05, 3.63) is 48.5 Å². The van der Waals surface area contributed by atoms with Crippen LogP contribution in [-0.4, -0.2) is 29.0 Å². The van der Waals surface area contributed by atoms with Crippen molar-refractivity contribution in [2.45, 2.75) is 0 Å². The zero-order valence-electron chi connectivity index (χ0n) is 9.61. The Morgan fingerprint density at radius 1 is 1.28 bits per heavy atom. The number of rotatable bonds is 1. The Morgan fingerprint density at radius 3 is 3.00 bits per heavy atom. The van der Waals surface area contributed by atoms with Crippen LogP contribution in [0.2, 0.25) is 0 Å². The number of anilines is 1. The lowest BCUT2D eigenvalue weighted by Gasteiger charge is -2.29. The number of nitrogens with zero attached hydrogens (tertiary/aromatic N) is 3. The number of aromatic nitrogens is 2. The van der Waals surface area contributed by atoms with Gasteiger partial charge in [-0.1, -0.05) is 12.1 Å². The van der Waals surface area contributed by atoms with Crippen molar-refractivity contribution in [2.24, 2.45) is 0 Å². The number of benzene rings is 1. The van der Waals surface area contributed by atoms with Gasteiger partial charge < -0.3 is 9.64 Å². The summed E-state index contributed by atoms with van der Waals surface area (Å²) in [5.41, 5.74) is 1.12. The maximum atomic E-state index is 12.3. The lowest BCUT2D eigenvalue weighted by molar-refractivity contribution is 0.0971. The monoisotopic (exact) mass is 241 g/mol. The standard InChI is InChI=1S/C13H11N3O2/c17-13(10-9-14-5-6-15-10)16-7-8-18-12-4-2-1-3-11(12)16/h1-6,9H,7-8H2. The first-order chi connectivity index (χ1) is 8.86. The van der Waals surface area contributed by atoms with E-state index in [2.05, 4.69) is 9.97 Å². The van der Waals surface area contributed by atoms with E-state index in [0.29, 0.717) is 18.8 Å². The molecule has 0 atom stereocenters. The van der Waals surface area contributed by atoms with Gasteiger partial charge in [-0.2, -0.15) is 0 Å². The second kappa shape index (κ2) is 4.44. The number of hydrogen-bond donors (Lipinski definition) is 0. The Kier molecular flexibility index (Phi) is 2.64. The van der Waals surface area contributed by atoms with E-state index in [1.54, 1.807) is 11.1 Å². The van der Waals surface area contributed by atoms with Crippen LogP contribution in [0.4, 0.5) is 5.69 Å². The van der Waals surface area contributed by atoms with Crippen molar-refractivity contribution < 1.29 is 9.53 Å². The molecule has 1 aromatic carbocycles. The van der Waals surface area contributed by atoms with Crippen molar-refractivity contribution in [3.8, 4) is 5.75 Å². The predicted octanol–water partition coefficient (Wildman–Crippen LogP) is 1.52. The van der Waals surface area contributed by atoms with Crippen LogP contribution in [0.15, 0.2) is 42.9 Å². The zero-order valence-corrected chi connectivity index (χ0v) is 9.61. The molecule has 1 aliphatic heterocycles. The fraction of sp³-hybridized carbons (Fsp3) is 0.154. The topological polar surface area (TPSA) is 55.3 Å². The van der Waals surface area contributed by atoms with E-state index in [9.17, 15) is 4.79 Å². The number of carbonyl (C=O) groups is 1. The van der Waals surface area contributed by atoms with E-state index < -0.39 is 0 Å². The number of amides is 1. The van der Waals surface area contributed by atoms with E-state index in [1.165, 1.54) is 12.4 Å².